The second-order valence-electron chi connectivity index (χ2n) is 7.13. The Hall–Kier alpha value is -2.08. The number of guanidine groups is 1. The lowest BCUT2D eigenvalue weighted by Gasteiger charge is -2.25. The minimum atomic E-state index is 0. The van der Waals surface area contributed by atoms with Gasteiger partial charge < -0.3 is 24.8 Å². The topological polar surface area (TPSA) is 94.8 Å². The van der Waals surface area contributed by atoms with Gasteiger partial charge in [0.15, 0.2) is 11.8 Å². The average Bonchev–Trinajstić information content (AvgIpc) is 3.15. The van der Waals surface area contributed by atoms with E-state index < -0.39 is 0 Å². The van der Waals surface area contributed by atoms with Gasteiger partial charge in [-0.3, -0.25) is 4.99 Å². The molecular weight excluding hydrogens is 511 g/mol. The van der Waals surface area contributed by atoms with Gasteiger partial charge in [-0.25, -0.2) is 9.67 Å². The number of nitrogens with one attached hydrogen (secondary N) is 2. The van der Waals surface area contributed by atoms with Gasteiger partial charge >= 0.3 is 0 Å². The van der Waals surface area contributed by atoms with Crippen LogP contribution in [0.25, 0.3) is 0 Å². The smallest absolute Gasteiger partial charge is 0.191 e. The molecule has 1 aliphatic heterocycles. The molecule has 0 aliphatic carbocycles. The number of halogens is 1. The lowest BCUT2D eigenvalue weighted by molar-refractivity contribution is 0.177. The summed E-state index contributed by atoms with van der Waals surface area (Å²) >= 11 is 0. The molecule has 0 radical (unpaired) electrons. The summed E-state index contributed by atoms with van der Waals surface area (Å²) in [7, 11) is 5.00. The molecule has 0 spiro atoms. The van der Waals surface area contributed by atoms with Crippen LogP contribution < -0.4 is 20.1 Å². The Morgan fingerprint density at radius 2 is 2.10 bits per heavy atom. The summed E-state index contributed by atoms with van der Waals surface area (Å²) in [5.74, 6) is 4.23. The summed E-state index contributed by atoms with van der Waals surface area (Å²) in [5, 5.41) is 11.4. The summed E-state index contributed by atoms with van der Waals surface area (Å²) < 4.78 is 17.9. The van der Waals surface area contributed by atoms with E-state index in [1.165, 1.54) is 0 Å². The van der Waals surface area contributed by atoms with Gasteiger partial charge in [-0.15, -0.1) is 24.0 Å². The minimum absolute atomic E-state index is 0. The largest absolute Gasteiger partial charge is 0.497 e. The molecule has 2 aromatic rings. The molecule has 1 aromatic carbocycles. The van der Waals surface area contributed by atoms with E-state index in [1.54, 1.807) is 21.3 Å². The number of aliphatic imine (C=N–C) groups is 1. The highest BCUT2D eigenvalue weighted by atomic mass is 127. The lowest BCUT2D eigenvalue weighted by Crippen LogP contribution is -2.47. The minimum Gasteiger partial charge on any atom is -0.497 e. The quantitative estimate of drug-likeness (QED) is 0.284. The first-order valence-electron chi connectivity index (χ1n) is 10.3. The Morgan fingerprint density at radius 3 is 2.81 bits per heavy atom. The number of hydrogen-bond acceptors (Lipinski definition) is 6. The molecule has 10 heteroatoms. The van der Waals surface area contributed by atoms with Gasteiger partial charge in [-0.2, -0.15) is 5.10 Å². The third-order valence-corrected chi connectivity index (χ3v) is 5.00. The van der Waals surface area contributed by atoms with Gasteiger partial charge in [0, 0.05) is 32.7 Å². The van der Waals surface area contributed by atoms with Crippen LogP contribution in [0.3, 0.4) is 0 Å². The highest BCUT2D eigenvalue weighted by Gasteiger charge is 2.22. The number of hydrogen-bond donors (Lipinski definition) is 2. The number of benzene rings is 1. The fraction of sp³-hybridized carbons (Fsp3) is 0.571. The highest BCUT2D eigenvalue weighted by molar-refractivity contribution is 14.0. The van der Waals surface area contributed by atoms with Crippen molar-refractivity contribution in [2.45, 2.75) is 45.4 Å². The van der Waals surface area contributed by atoms with Crippen molar-refractivity contribution in [1.82, 2.24) is 25.4 Å². The summed E-state index contributed by atoms with van der Waals surface area (Å²) in [6.07, 6.45) is 2.63. The zero-order chi connectivity index (χ0) is 21.3. The van der Waals surface area contributed by atoms with E-state index in [-0.39, 0.29) is 30.0 Å². The standard InChI is InChI=1S/C21H32N6O3.HI/c1-5-22-21(23-11-10-15-12-17(29-3)7-8-18(15)30-4)24-16-6-9-20-25-19(14-28-2)26-27(20)13-16;/h7-8,12,16H,5-6,9-11,13-14H2,1-4H3,(H2,22,23,24);1H. The van der Waals surface area contributed by atoms with Crippen LogP contribution in [0.5, 0.6) is 11.5 Å². The molecule has 31 heavy (non-hydrogen) atoms. The van der Waals surface area contributed by atoms with Gasteiger partial charge in [0.2, 0.25) is 0 Å². The summed E-state index contributed by atoms with van der Waals surface area (Å²) in [6.45, 7) is 4.71. The SMILES string of the molecule is CCNC(=NCCc1cc(OC)ccc1OC)NC1CCc2nc(COC)nn2C1.I. The molecule has 0 fully saturated rings. The molecule has 1 aromatic heterocycles. The third kappa shape index (κ3) is 6.96. The van der Waals surface area contributed by atoms with Crippen molar-refractivity contribution in [3.8, 4) is 11.5 Å². The molecule has 2 N–H and O–H groups in total. The molecule has 0 amide bonds. The number of rotatable bonds is 9. The predicted molar refractivity (Wildman–Crippen MR) is 131 cm³/mol. The van der Waals surface area contributed by atoms with Crippen LogP contribution in [-0.4, -0.2) is 61.2 Å². The first-order valence-corrected chi connectivity index (χ1v) is 10.3. The molecule has 0 bridgehead atoms. The molecule has 0 saturated heterocycles. The number of fused-ring (bicyclic) bond motifs is 1. The Balaban J connectivity index is 0.00000341. The van der Waals surface area contributed by atoms with Crippen molar-refractivity contribution in [1.29, 1.82) is 0 Å². The Morgan fingerprint density at radius 1 is 1.26 bits per heavy atom. The normalized spacial score (nSPS) is 15.6. The summed E-state index contributed by atoms with van der Waals surface area (Å²) in [6, 6.07) is 6.08. The number of ether oxygens (including phenoxy) is 3. The van der Waals surface area contributed by atoms with Crippen LogP contribution in [-0.2, 0) is 30.7 Å². The highest BCUT2D eigenvalue weighted by Crippen LogP contribution is 2.24. The third-order valence-electron chi connectivity index (χ3n) is 5.00. The van der Waals surface area contributed by atoms with E-state index >= 15 is 0 Å². The van der Waals surface area contributed by atoms with Crippen molar-refractivity contribution in [3.63, 3.8) is 0 Å². The average molecular weight is 544 g/mol. The molecule has 9 nitrogen and oxygen atoms in total. The maximum Gasteiger partial charge on any atom is 0.191 e. The van der Waals surface area contributed by atoms with E-state index in [0.29, 0.717) is 13.2 Å². The summed E-state index contributed by atoms with van der Waals surface area (Å²) in [5.41, 5.74) is 1.08. The summed E-state index contributed by atoms with van der Waals surface area (Å²) in [4.78, 5) is 9.29. The van der Waals surface area contributed by atoms with Crippen molar-refractivity contribution < 1.29 is 14.2 Å². The molecule has 3 rings (SSSR count). The van der Waals surface area contributed by atoms with E-state index in [0.717, 1.165) is 67.0 Å². The number of aromatic nitrogens is 3. The van der Waals surface area contributed by atoms with Gasteiger partial charge in [0.05, 0.1) is 20.8 Å². The van der Waals surface area contributed by atoms with Crippen LogP contribution in [0.4, 0.5) is 0 Å². The van der Waals surface area contributed by atoms with E-state index in [4.69, 9.17) is 19.2 Å². The maximum absolute atomic E-state index is 5.46. The van der Waals surface area contributed by atoms with E-state index in [2.05, 4.69) is 27.6 Å². The van der Waals surface area contributed by atoms with Crippen LogP contribution >= 0.6 is 24.0 Å². The zero-order valence-electron chi connectivity index (χ0n) is 18.7. The molecule has 172 valence electrons. The lowest BCUT2D eigenvalue weighted by atomic mass is 10.1. The molecular formula is C21H33IN6O3. The van der Waals surface area contributed by atoms with Crippen molar-refractivity contribution in [3.05, 3.63) is 35.4 Å². The van der Waals surface area contributed by atoms with Crippen LogP contribution in [0.15, 0.2) is 23.2 Å². The van der Waals surface area contributed by atoms with Gasteiger partial charge in [-0.05, 0) is 43.5 Å². The van der Waals surface area contributed by atoms with Crippen molar-refractivity contribution >= 4 is 29.9 Å². The predicted octanol–water partition coefficient (Wildman–Crippen LogP) is 2.17. The van der Waals surface area contributed by atoms with Crippen LogP contribution in [0, 0.1) is 0 Å². The maximum atomic E-state index is 5.46. The molecule has 1 aliphatic rings. The number of aryl methyl sites for hydroxylation is 1. The second kappa shape index (κ2) is 12.7. The number of nitrogens with zero attached hydrogens (tertiary/aromatic N) is 4. The Bertz CT molecular complexity index is 858. The first-order chi connectivity index (χ1) is 14.7. The van der Waals surface area contributed by atoms with Gasteiger partial charge in [-0.1, -0.05) is 0 Å². The van der Waals surface area contributed by atoms with E-state index in [9.17, 15) is 0 Å². The van der Waals surface area contributed by atoms with Crippen molar-refractivity contribution in [2.75, 3.05) is 34.4 Å². The molecule has 1 atom stereocenters. The van der Waals surface area contributed by atoms with Crippen LogP contribution in [0.1, 0.15) is 30.6 Å². The Labute approximate surface area is 201 Å². The van der Waals surface area contributed by atoms with Gasteiger partial charge in [0.1, 0.15) is 23.9 Å². The van der Waals surface area contributed by atoms with Crippen LogP contribution in [0.2, 0.25) is 0 Å². The number of methoxy groups -OCH3 is 3. The Kier molecular flexibility index (Phi) is 10.3. The monoisotopic (exact) mass is 544 g/mol. The molecule has 2 heterocycles. The van der Waals surface area contributed by atoms with Gasteiger partial charge in [0.25, 0.3) is 0 Å². The van der Waals surface area contributed by atoms with E-state index in [1.807, 2.05) is 22.9 Å². The zero-order valence-corrected chi connectivity index (χ0v) is 21.0. The second-order valence-corrected chi connectivity index (χ2v) is 7.13. The first kappa shape index (κ1) is 25.2. The molecule has 1 unspecified atom stereocenters. The fourth-order valence-corrected chi connectivity index (χ4v) is 3.55. The molecule has 0 saturated carbocycles. The van der Waals surface area contributed by atoms with Crippen molar-refractivity contribution in [2.24, 2.45) is 4.99 Å². The fourth-order valence-electron chi connectivity index (χ4n) is 3.55.